The predicted molar refractivity (Wildman–Crippen MR) is 71.1 cm³/mol. The molecule has 0 radical (unpaired) electrons. The Kier molecular flexibility index (Phi) is 7.17. The van der Waals surface area contributed by atoms with Crippen LogP contribution in [-0.2, 0) is 16.0 Å². The van der Waals surface area contributed by atoms with Gasteiger partial charge in [-0.3, -0.25) is 0 Å². The third kappa shape index (κ3) is 5.87. The molecule has 1 aromatic rings. The van der Waals surface area contributed by atoms with Crippen LogP contribution >= 0.6 is 0 Å². The van der Waals surface area contributed by atoms with E-state index >= 15 is 0 Å². The average molecular weight is 270 g/mol. The van der Waals surface area contributed by atoms with E-state index < -0.39 is 5.97 Å². The number of carbonyl (C=O) groups is 1. The van der Waals surface area contributed by atoms with E-state index in [0.717, 1.165) is 18.7 Å². The van der Waals surface area contributed by atoms with Gasteiger partial charge in [-0.25, -0.2) is 4.79 Å². The maximum atomic E-state index is 11.4. The summed E-state index contributed by atoms with van der Waals surface area (Å²) in [7, 11) is 5.35. The van der Waals surface area contributed by atoms with Crippen LogP contribution < -0.4 is 5.32 Å². The molecule has 19 heavy (non-hydrogen) atoms. The normalized spacial score (nSPS) is 10.9. The molecule has 0 atom stereocenters. The molecule has 1 rings (SSSR count). The van der Waals surface area contributed by atoms with Crippen molar-refractivity contribution in [2.75, 3.05) is 47.5 Å². The molecule has 0 aliphatic rings. The summed E-state index contributed by atoms with van der Waals surface area (Å²) in [5, 5.41) is 3.19. The Morgan fingerprint density at radius 2 is 2.21 bits per heavy atom. The third-order valence-electron chi connectivity index (χ3n) is 2.54. The molecular formula is C13H22N2O4. The van der Waals surface area contributed by atoms with Crippen LogP contribution in [0.2, 0.25) is 0 Å². The van der Waals surface area contributed by atoms with Crippen LogP contribution in [0.3, 0.4) is 0 Å². The van der Waals surface area contributed by atoms with Gasteiger partial charge in [0.2, 0.25) is 5.76 Å². The van der Waals surface area contributed by atoms with E-state index in [2.05, 4.69) is 15.0 Å². The minimum Gasteiger partial charge on any atom is -0.463 e. The Morgan fingerprint density at radius 3 is 2.89 bits per heavy atom. The highest BCUT2D eigenvalue weighted by Crippen LogP contribution is 2.11. The number of ether oxygens (including phenoxy) is 2. The van der Waals surface area contributed by atoms with Gasteiger partial charge in [0.05, 0.1) is 26.6 Å². The Labute approximate surface area is 113 Å². The van der Waals surface area contributed by atoms with Crippen molar-refractivity contribution in [3.05, 3.63) is 23.7 Å². The molecular weight excluding hydrogens is 248 g/mol. The smallest absolute Gasteiger partial charge is 0.374 e. The molecule has 0 aliphatic carbocycles. The molecule has 1 heterocycles. The van der Waals surface area contributed by atoms with Gasteiger partial charge in [0, 0.05) is 25.2 Å². The van der Waals surface area contributed by atoms with E-state index in [1.807, 2.05) is 14.1 Å². The maximum absolute atomic E-state index is 11.4. The number of hydrogen-bond donors (Lipinski definition) is 1. The highest BCUT2D eigenvalue weighted by Gasteiger charge is 2.14. The van der Waals surface area contributed by atoms with Gasteiger partial charge in [-0.15, -0.1) is 0 Å². The van der Waals surface area contributed by atoms with Crippen molar-refractivity contribution in [3.63, 3.8) is 0 Å². The van der Waals surface area contributed by atoms with Crippen molar-refractivity contribution in [2.24, 2.45) is 0 Å². The third-order valence-corrected chi connectivity index (χ3v) is 2.54. The monoisotopic (exact) mass is 270 g/mol. The van der Waals surface area contributed by atoms with E-state index in [1.165, 1.54) is 13.4 Å². The predicted octanol–water partition coefficient (Wildman–Crippen LogP) is 0.734. The topological polar surface area (TPSA) is 63.9 Å². The van der Waals surface area contributed by atoms with Crippen molar-refractivity contribution >= 4 is 5.97 Å². The molecule has 6 heteroatoms. The fourth-order valence-corrected chi connectivity index (χ4v) is 1.46. The zero-order valence-electron chi connectivity index (χ0n) is 11.8. The molecule has 0 spiro atoms. The van der Waals surface area contributed by atoms with E-state index in [4.69, 9.17) is 9.15 Å². The molecule has 0 unspecified atom stereocenters. The van der Waals surface area contributed by atoms with Crippen LogP contribution in [0.4, 0.5) is 0 Å². The number of nitrogens with one attached hydrogen (secondary N) is 1. The molecule has 1 aromatic heterocycles. The highest BCUT2D eigenvalue weighted by atomic mass is 16.5. The SMILES string of the molecule is COC(=O)c1occc1CNCCOCCN(C)C. The second kappa shape index (κ2) is 8.68. The van der Waals surface area contributed by atoms with Crippen LogP contribution in [-0.4, -0.2) is 58.4 Å². The lowest BCUT2D eigenvalue weighted by atomic mass is 10.2. The number of rotatable bonds is 9. The summed E-state index contributed by atoms with van der Waals surface area (Å²) < 4.78 is 15.2. The maximum Gasteiger partial charge on any atom is 0.374 e. The fourth-order valence-electron chi connectivity index (χ4n) is 1.46. The first kappa shape index (κ1) is 15.7. The van der Waals surface area contributed by atoms with E-state index in [0.29, 0.717) is 19.8 Å². The van der Waals surface area contributed by atoms with Crippen LogP contribution in [0.25, 0.3) is 0 Å². The summed E-state index contributed by atoms with van der Waals surface area (Å²) in [4.78, 5) is 13.4. The summed E-state index contributed by atoms with van der Waals surface area (Å²) in [6.45, 7) is 3.54. The minimum absolute atomic E-state index is 0.253. The van der Waals surface area contributed by atoms with Gasteiger partial charge in [-0.1, -0.05) is 0 Å². The Bertz CT molecular complexity index is 376. The number of likely N-dealkylation sites (N-methyl/N-ethyl adjacent to an activating group) is 1. The van der Waals surface area contributed by atoms with Crippen LogP contribution in [0.5, 0.6) is 0 Å². The lowest BCUT2D eigenvalue weighted by Crippen LogP contribution is -2.23. The molecule has 0 saturated heterocycles. The molecule has 6 nitrogen and oxygen atoms in total. The molecule has 108 valence electrons. The Balaban J connectivity index is 2.16. The first-order chi connectivity index (χ1) is 9.15. The van der Waals surface area contributed by atoms with Crippen molar-refractivity contribution in [1.29, 1.82) is 0 Å². The molecule has 0 amide bonds. The zero-order chi connectivity index (χ0) is 14.1. The number of carbonyl (C=O) groups excluding carboxylic acids is 1. The number of esters is 1. The Hall–Kier alpha value is -1.37. The minimum atomic E-state index is -0.455. The van der Waals surface area contributed by atoms with Gasteiger partial charge < -0.3 is 24.1 Å². The highest BCUT2D eigenvalue weighted by molar-refractivity contribution is 5.87. The van der Waals surface area contributed by atoms with Gasteiger partial charge in [-0.05, 0) is 20.2 Å². The number of nitrogens with zero attached hydrogens (tertiary/aromatic N) is 1. The lowest BCUT2D eigenvalue weighted by Gasteiger charge is -2.10. The number of methoxy groups -OCH3 is 1. The van der Waals surface area contributed by atoms with Gasteiger partial charge >= 0.3 is 5.97 Å². The standard InChI is InChI=1S/C13H22N2O4/c1-15(2)6-9-18-8-5-14-10-11-4-7-19-12(11)13(16)17-3/h4,7,14H,5-6,8-10H2,1-3H3. The first-order valence-corrected chi connectivity index (χ1v) is 6.23. The lowest BCUT2D eigenvalue weighted by molar-refractivity contribution is 0.0563. The summed E-state index contributed by atoms with van der Waals surface area (Å²) in [6.07, 6.45) is 1.48. The van der Waals surface area contributed by atoms with Crippen molar-refractivity contribution in [1.82, 2.24) is 10.2 Å². The average Bonchev–Trinajstić information content (AvgIpc) is 2.84. The molecule has 0 fully saturated rings. The van der Waals surface area contributed by atoms with E-state index in [1.54, 1.807) is 6.07 Å². The van der Waals surface area contributed by atoms with E-state index in [9.17, 15) is 4.79 Å². The van der Waals surface area contributed by atoms with Crippen molar-refractivity contribution < 1.29 is 18.7 Å². The van der Waals surface area contributed by atoms with Crippen molar-refractivity contribution in [3.8, 4) is 0 Å². The zero-order valence-corrected chi connectivity index (χ0v) is 11.8. The van der Waals surface area contributed by atoms with Crippen LogP contribution in [0, 0.1) is 0 Å². The molecule has 0 bridgehead atoms. The second-order valence-corrected chi connectivity index (χ2v) is 4.36. The molecule has 0 saturated carbocycles. The van der Waals surface area contributed by atoms with Gasteiger partial charge in [0.25, 0.3) is 0 Å². The summed E-state index contributed by atoms with van der Waals surface area (Å²) in [6, 6.07) is 1.76. The fraction of sp³-hybridized carbons (Fsp3) is 0.615. The molecule has 1 N–H and O–H groups in total. The van der Waals surface area contributed by atoms with Gasteiger partial charge in [0.1, 0.15) is 0 Å². The van der Waals surface area contributed by atoms with Crippen LogP contribution in [0.15, 0.2) is 16.7 Å². The largest absolute Gasteiger partial charge is 0.463 e. The molecule has 0 aromatic carbocycles. The van der Waals surface area contributed by atoms with Crippen LogP contribution in [0.1, 0.15) is 16.1 Å². The summed E-state index contributed by atoms with van der Waals surface area (Å²) in [5.74, 6) is -0.201. The number of hydrogen-bond acceptors (Lipinski definition) is 6. The number of furan rings is 1. The quantitative estimate of drug-likeness (QED) is 0.527. The second-order valence-electron chi connectivity index (χ2n) is 4.36. The first-order valence-electron chi connectivity index (χ1n) is 6.23. The van der Waals surface area contributed by atoms with E-state index in [-0.39, 0.29) is 5.76 Å². The van der Waals surface area contributed by atoms with Gasteiger partial charge in [-0.2, -0.15) is 0 Å². The Morgan fingerprint density at radius 1 is 1.42 bits per heavy atom. The van der Waals surface area contributed by atoms with Crippen molar-refractivity contribution in [2.45, 2.75) is 6.54 Å². The van der Waals surface area contributed by atoms with Gasteiger partial charge in [0.15, 0.2) is 0 Å². The summed E-state index contributed by atoms with van der Waals surface area (Å²) in [5.41, 5.74) is 0.792. The summed E-state index contributed by atoms with van der Waals surface area (Å²) >= 11 is 0. The molecule has 0 aliphatic heterocycles.